The minimum absolute atomic E-state index is 0.416. The molecule has 13 heavy (non-hydrogen) atoms. The highest BCUT2D eigenvalue weighted by atomic mass is 16.3. The maximum absolute atomic E-state index is 10.5. The highest BCUT2D eigenvalue weighted by molar-refractivity contribution is 5.63. The van der Waals surface area contributed by atoms with Gasteiger partial charge in [-0.2, -0.15) is 0 Å². The summed E-state index contributed by atoms with van der Waals surface area (Å²) in [5.74, 6) is 0.416. The summed E-state index contributed by atoms with van der Waals surface area (Å²) in [4.78, 5) is 10.5. The molecule has 0 radical (unpaired) electrons. The molecule has 0 heterocycles. The Morgan fingerprint density at radius 2 is 2.15 bits per heavy atom. The van der Waals surface area contributed by atoms with Crippen LogP contribution in [0, 0.1) is 4.91 Å². The maximum atomic E-state index is 10.5. The van der Waals surface area contributed by atoms with Crippen molar-refractivity contribution in [2.24, 2.45) is 5.18 Å². The minimum atomic E-state index is 0.416. The molecule has 0 amide bonds. The fourth-order valence-corrected chi connectivity index (χ4v) is 1.17. The number of nitrogens with zero attached hydrogens (tertiary/aromatic N) is 1. The normalized spacial score (nSPS) is 10.1. The van der Waals surface area contributed by atoms with Crippen LogP contribution in [0.25, 0.3) is 6.08 Å². The second-order valence-electron chi connectivity index (χ2n) is 3.27. The van der Waals surface area contributed by atoms with Gasteiger partial charge in [-0.1, -0.05) is 38.6 Å². The van der Waals surface area contributed by atoms with Gasteiger partial charge in [0.15, 0.2) is 0 Å². The van der Waals surface area contributed by atoms with Crippen molar-refractivity contribution in [1.82, 2.24) is 0 Å². The smallest absolute Gasteiger partial charge is 0.115 e. The van der Waals surface area contributed by atoms with Gasteiger partial charge in [-0.15, -0.1) is 4.91 Å². The molecule has 1 aromatic rings. The van der Waals surface area contributed by atoms with E-state index in [-0.39, 0.29) is 0 Å². The van der Waals surface area contributed by atoms with Crippen molar-refractivity contribution in [3.05, 3.63) is 40.8 Å². The molecule has 0 spiro atoms. The van der Waals surface area contributed by atoms with Crippen LogP contribution in [0.2, 0.25) is 0 Å². The van der Waals surface area contributed by atoms with Crippen LogP contribution in [-0.2, 0) is 0 Å². The van der Waals surface area contributed by atoms with Crippen LogP contribution in [0.3, 0.4) is 0 Å². The van der Waals surface area contributed by atoms with E-state index in [1.165, 1.54) is 0 Å². The molecular weight excluding hydrogens is 162 g/mol. The Labute approximate surface area is 78.3 Å². The van der Waals surface area contributed by atoms with Crippen LogP contribution in [-0.4, -0.2) is 0 Å². The van der Waals surface area contributed by atoms with Crippen LogP contribution in [0.5, 0.6) is 0 Å². The number of hydrogen-bond acceptors (Lipinski definition) is 2. The van der Waals surface area contributed by atoms with Gasteiger partial charge in [0.05, 0.1) is 0 Å². The molecule has 0 fully saturated rings. The van der Waals surface area contributed by atoms with Gasteiger partial charge in [0.2, 0.25) is 0 Å². The molecule has 0 aliphatic heterocycles. The zero-order valence-electron chi connectivity index (χ0n) is 7.95. The Morgan fingerprint density at radius 3 is 2.62 bits per heavy atom. The maximum Gasteiger partial charge on any atom is 0.115 e. The van der Waals surface area contributed by atoms with Gasteiger partial charge in [0, 0.05) is 5.56 Å². The molecule has 0 saturated carbocycles. The van der Waals surface area contributed by atoms with Crippen molar-refractivity contribution < 1.29 is 0 Å². The minimum Gasteiger partial charge on any atom is -0.145 e. The zero-order chi connectivity index (χ0) is 9.84. The molecule has 2 heteroatoms. The number of nitroso groups, excluding NO2 is 1. The van der Waals surface area contributed by atoms with E-state index in [9.17, 15) is 4.91 Å². The fraction of sp³-hybridized carbons (Fsp3) is 0.273. The van der Waals surface area contributed by atoms with Gasteiger partial charge >= 0.3 is 0 Å². The molecule has 0 atom stereocenters. The molecule has 0 aromatic heterocycles. The number of rotatable bonds is 3. The van der Waals surface area contributed by atoms with Gasteiger partial charge in [0.25, 0.3) is 0 Å². The highest BCUT2D eigenvalue weighted by Gasteiger charge is 2.03. The first-order valence-electron chi connectivity index (χ1n) is 4.28. The molecule has 0 saturated heterocycles. The Balaban J connectivity index is 3.20. The van der Waals surface area contributed by atoms with Gasteiger partial charge in [-0.05, 0) is 22.7 Å². The van der Waals surface area contributed by atoms with Crippen molar-refractivity contribution in [2.45, 2.75) is 19.8 Å². The van der Waals surface area contributed by atoms with Crippen LogP contribution < -0.4 is 0 Å². The molecule has 0 aliphatic rings. The molecule has 0 bridgehead atoms. The average molecular weight is 175 g/mol. The lowest BCUT2D eigenvalue weighted by molar-refractivity contribution is 0.866. The van der Waals surface area contributed by atoms with Gasteiger partial charge in [0.1, 0.15) is 5.69 Å². The van der Waals surface area contributed by atoms with Crippen LogP contribution in [0.1, 0.15) is 30.9 Å². The van der Waals surface area contributed by atoms with Crippen molar-refractivity contribution >= 4 is 11.8 Å². The summed E-state index contributed by atoms with van der Waals surface area (Å²) in [6.07, 6.45) is 1.64. The number of benzene rings is 1. The molecule has 2 nitrogen and oxygen atoms in total. The lowest BCUT2D eigenvalue weighted by Gasteiger charge is -2.06. The van der Waals surface area contributed by atoms with Gasteiger partial charge in [-0.25, -0.2) is 0 Å². The van der Waals surface area contributed by atoms with Crippen molar-refractivity contribution in [3.8, 4) is 0 Å². The number of hydrogen-bond donors (Lipinski definition) is 0. The Kier molecular flexibility index (Phi) is 2.96. The first-order chi connectivity index (χ1) is 6.19. The van der Waals surface area contributed by atoms with E-state index in [4.69, 9.17) is 0 Å². The first kappa shape index (κ1) is 9.65. The molecule has 0 unspecified atom stereocenters. The van der Waals surface area contributed by atoms with E-state index < -0.39 is 0 Å². The summed E-state index contributed by atoms with van der Waals surface area (Å²) in [6.45, 7) is 7.78. The second kappa shape index (κ2) is 3.99. The van der Waals surface area contributed by atoms with Gasteiger partial charge < -0.3 is 0 Å². The zero-order valence-corrected chi connectivity index (χ0v) is 7.95. The molecule has 1 aromatic carbocycles. The topological polar surface area (TPSA) is 29.4 Å². The summed E-state index contributed by atoms with van der Waals surface area (Å²) in [5.41, 5.74) is 2.39. The van der Waals surface area contributed by atoms with Gasteiger partial charge in [-0.3, -0.25) is 0 Å². The van der Waals surface area contributed by atoms with Crippen molar-refractivity contribution in [3.63, 3.8) is 0 Å². The Morgan fingerprint density at radius 1 is 1.46 bits per heavy atom. The Hall–Kier alpha value is -1.44. The first-order valence-corrected chi connectivity index (χ1v) is 4.28. The third kappa shape index (κ3) is 2.02. The predicted molar refractivity (Wildman–Crippen MR) is 56.1 cm³/mol. The molecule has 1 rings (SSSR count). The largest absolute Gasteiger partial charge is 0.145 e. The van der Waals surface area contributed by atoms with E-state index in [1.54, 1.807) is 6.08 Å². The monoisotopic (exact) mass is 175 g/mol. The molecule has 0 aliphatic carbocycles. The highest BCUT2D eigenvalue weighted by Crippen LogP contribution is 2.25. The third-order valence-corrected chi connectivity index (χ3v) is 2.04. The van der Waals surface area contributed by atoms with E-state index in [0.717, 1.165) is 11.1 Å². The third-order valence-electron chi connectivity index (χ3n) is 2.04. The summed E-state index contributed by atoms with van der Waals surface area (Å²) in [6, 6.07) is 5.68. The van der Waals surface area contributed by atoms with E-state index in [2.05, 4.69) is 25.6 Å². The summed E-state index contributed by atoms with van der Waals surface area (Å²) >= 11 is 0. The van der Waals surface area contributed by atoms with Crippen molar-refractivity contribution in [1.29, 1.82) is 0 Å². The van der Waals surface area contributed by atoms with Crippen molar-refractivity contribution in [2.75, 3.05) is 0 Å². The average Bonchev–Trinajstić information content (AvgIpc) is 2.16. The van der Waals surface area contributed by atoms with Crippen LogP contribution >= 0.6 is 0 Å². The van der Waals surface area contributed by atoms with E-state index >= 15 is 0 Å². The Bertz CT molecular complexity index is 329. The predicted octanol–water partition coefficient (Wildman–Crippen LogP) is 3.85. The molecule has 0 N–H and O–H groups in total. The summed E-state index contributed by atoms with van der Waals surface area (Å²) in [7, 11) is 0. The van der Waals surface area contributed by atoms with Crippen LogP contribution in [0.4, 0.5) is 5.69 Å². The standard InChI is InChI=1S/C11H13NO/c1-4-9-5-6-10(8(2)3)7-11(9)12-13/h4-8H,1H2,2-3H3. The second-order valence-corrected chi connectivity index (χ2v) is 3.27. The van der Waals surface area contributed by atoms with E-state index in [0.29, 0.717) is 11.6 Å². The SMILES string of the molecule is C=Cc1ccc(C(C)C)cc1N=O. The quantitative estimate of drug-likeness (QED) is 0.641. The summed E-state index contributed by atoms with van der Waals surface area (Å²) < 4.78 is 0. The lowest BCUT2D eigenvalue weighted by Crippen LogP contribution is -1.86. The molecule has 68 valence electrons. The lowest BCUT2D eigenvalue weighted by atomic mass is 10.0. The van der Waals surface area contributed by atoms with Crippen LogP contribution in [0.15, 0.2) is 30.0 Å². The fourth-order valence-electron chi connectivity index (χ4n) is 1.17. The molecular formula is C11H13NO. The van der Waals surface area contributed by atoms with E-state index in [1.807, 2.05) is 18.2 Å². The summed E-state index contributed by atoms with van der Waals surface area (Å²) in [5, 5.41) is 2.96.